The van der Waals surface area contributed by atoms with Gasteiger partial charge < -0.3 is 15.3 Å². The van der Waals surface area contributed by atoms with Gasteiger partial charge >= 0.3 is 0 Å². The van der Waals surface area contributed by atoms with Gasteiger partial charge in [0.2, 0.25) is 0 Å². The van der Waals surface area contributed by atoms with Gasteiger partial charge in [-0.1, -0.05) is 0 Å². The third-order valence-corrected chi connectivity index (χ3v) is 4.07. The van der Waals surface area contributed by atoms with Gasteiger partial charge in [-0.25, -0.2) is 4.98 Å². The van der Waals surface area contributed by atoms with Gasteiger partial charge in [0, 0.05) is 31.4 Å². The number of anilines is 1. The van der Waals surface area contributed by atoms with Gasteiger partial charge in [0.15, 0.2) is 0 Å². The Hall–Kier alpha value is -1.13. The molecule has 0 amide bonds. The number of piperidine rings is 1. The van der Waals surface area contributed by atoms with Gasteiger partial charge in [0.1, 0.15) is 5.82 Å². The zero-order chi connectivity index (χ0) is 15.7. The van der Waals surface area contributed by atoms with Gasteiger partial charge in [-0.2, -0.15) is 0 Å². The molecule has 1 aromatic rings. The molecule has 0 atom stereocenters. The summed E-state index contributed by atoms with van der Waals surface area (Å²) < 4.78 is 0. The molecule has 1 aliphatic rings. The molecule has 2 rings (SSSR count). The molecule has 4 nitrogen and oxygen atoms in total. The van der Waals surface area contributed by atoms with Crippen LogP contribution >= 0.6 is 0 Å². The Balaban J connectivity index is 2.03. The summed E-state index contributed by atoms with van der Waals surface area (Å²) in [6.45, 7) is 13.1. The lowest BCUT2D eigenvalue weighted by molar-refractivity contribution is 0.0350. The number of aryl methyl sites for hydroxylation is 1. The van der Waals surface area contributed by atoms with Crippen molar-refractivity contribution in [2.45, 2.75) is 65.1 Å². The monoisotopic (exact) mass is 291 g/mol. The smallest absolute Gasteiger partial charge is 0.131 e. The number of nitrogens with zero attached hydrogens (tertiary/aromatic N) is 2. The van der Waals surface area contributed by atoms with Gasteiger partial charge in [-0.15, -0.1) is 0 Å². The fourth-order valence-corrected chi connectivity index (χ4v) is 2.62. The van der Waals surface area contributed by atoms with E-state index >= 15 is 0 Å². The van der Waals surface area contributed by atoms with Crippen molar-refractivity contribution in [3.8, 4) is 0 Å². The third-order valence-electron chi connectivity index (χ3n) is 4.07. The average molecular weight is 291 g/mol. The van der Waals surface area contributed by atoms with Crippen molar-refractivity contribution in [2.24, 2.45) is 0 Å². The Morgan fingerprint density at radius 3 is 2.48 bits per heavy atom. The van der Waals surface area contributed by atoms with Crippen molar-refractivity contribution in [3.63, 3.8) is 0 Å². The molecule has 0 spiro atoms. The van der Waals surface area contributed by atoms with E-state index in [9.17, 15) is 5.11 Å². The largest absolute Gasteiger partial charge is 0.390 e. The van der Waals surface area contributed by atoms with Crippen LogP contribution in [0.1, 0.15) is 51.7 Å². The third kappa shape index (κ3) is 4.68. The molecule has 0 radical (unpaired) electrons. The molecule has 118 valence electrons. The van der Waals surface area contributed by atoms with Crippen molar-refractivity contribution in [1.29, 1.82) is 0 Å². The number of rotatable bonds is 3. The van der Waals surface area contributed by atoms with Crippen LogP contribution in [0, 0.1) is 6.92 Å². The fourth-order valence-electron chi connectivity index (χ4n) is 2.62. The summed E-state index contributed by atoms with van der Waals surface area (Å²) in [5, 5.41) is 13.5. The van der Waals surface area contributed by atoms with Gasteiger partial charge in [0.05, 0.1) is 5.60 Å². The fraction of sp³-hybridized carbons (Fsp3) is 0.706. The van der Waals surface area contributed by atoms with E-state index in [1.165, 1.54) is 11.1 Å². The minimum Gasteiger partial charge on any atom is -0.390 e. The van der Waals surface area contributed by atoms with Crippen LogP contribution in [0.5, 0.6) is 0 Å². The van der Waals surface area contributed by atoms with Crippen molar-refractivity contribution < 1.29 is 5.11 Å². The number of aliphatic hydroxyl groups is 1. The highest BCUT2D eigenvalue weighted by molar-refractivity contribution is 5.47. The van der Waals surface area contributed by atoms with Crippen LogP contribution in [0.3, 0.4) is 0 Å². The molecule has 0 aromatic carbocycles. The Morgan fingerprint density at radius 2 is 1.95 bits per heavy atom. The predicted octanol–water partition coefficient (Wildman–Crippen LogP) is 2.63. The molecule has 0 bridgehead atoms. The van der Waals surface area contributed by atoms with Crippen molar-refractivity contribution in [1.82, 2.24) is 10.3 Å². The first kappa shape index (κ1) is 16.2. The van der Waals surface area contributed by atoms with Crippen molar-refractivity contribution in [3.05, 3.63) is 23.4 Å². The standard InChI is InChI=1S/C17H29N3O/c1-13-10-14(12-19-16(2,3)4)11-18-15(13)20-8-6-17(5,21)7-9-20/h10-11,19,21H,6-9,12H2,1-5H3. The number of pyridine rings is 1. The summed E-state index contributed by atoms with van der Waals surface area (Å²) in [7, 11) is 0. The number of hydrogen-bond acceptors (Lipinski definition) is 4. The molecular formula is C17H29N3O. The van der Waals surface area contributed by atoms with Gasteiger partial charge in [-0.3, -0.25) is 0 Å². The Kier molecular flexibility index (Phi) is 4.59. The summed E-state index contributed by atoms with van der Waals surface area (Å²) >= 11 is 0. The topological polar surface area (TPSA) is 48.4 Å². The van der Waals surface area contributed by atoms with E-state index < -0.39 is 5.60 Å². The highest BCUT2D eigenvalue weighted by Crippen LogP contribution is 2.26. The normalized spacial score (nSPS) is 18.9. The van der Waals surface area contributed by atoms with E-state index in [0.29, 0.717) is 0 Å². The van der Waals surface area contributed by atoms with Crippen LogP contribution in [0.15, 0.2) is 12.3 Å². The molecule has 0 aliphatic carbocycles. The summed E-state index contributed by atoms with van der Waals surface area (Å²) in [5.41, 5.74) is 2.03. The predicted molar refractivity (Wildman–Crippen MR) is 87.6 cm³/mol. The van der Waals surface area contributed by atoms with Crippen LogP contribution in [0.25, 0.3) is 0 Å². The van der Waals surface area contributed by atoms with Crippen LogP contribution < -0.4 is 10.2 Å². The lowest BCUT2D eigenvalue weighted by Crippen LogP contribution is -2.43. The van der Waals surface area contributed by atoms with Crippen LogP contribution in [-0.2, 0) is 6.54 Å². The lowest BCUT2D eigenvalue weighted by Gasteiger charge is -2.37. The Labute approximate surface area is 128 Å². The maximum atomic E-state index is 10.0. The molecule has 1 aromatic heterocycles. The number of aromatic nitrogens is 1. The van der Waals surface area contributed by atoms with Crippen molar-refractivity contribution >= 4 is 5.82 Å². The van der Waals surface area contributed by atoms with E-state index in [1.807, 2.05) is 13.1 Å². The zero-order valence-corrected chi connectivity index (χ0v) is 14.0. The zero-order valence-electron chi connectivity index (χ0n) is 14.0. The lowest BCUT2D eigenvalue weighted by atomic mass is 9.93. The van der Waals surface area contributed by atoms with Crippen LogP contribution in [0.2, 0.25) is 0 Å². The molecule has 4 heteroatoms. The molecule has 1 fully saturated rings. The highest BCUT2D eigenvalue weighted by Gasteiger charge is 2.28. The minimum absolute atomic E-state index is 0.116. The van der Waals surface area contributed by atoms with E-state index in [4.69, 9.17) is 0 Å². The molecule has 21 heavy (non-hydrogen) atoms. The highest BCUT2D eigenvalue weighted by atomic mass is 16.3. The van der Waals surface area contributed by atoms with E-state index in [-0.39, 0.29) is 5.54 Å². The molecular weight excluding hydrogens is 262 g/mol. The van der Waals surface area contributed by atoms with Crippen LogP contribution in [0.4, 0.5) is 5.82 Å². The molecule has 2 heterocycles. The van der Waals surface area contributed by atoms with Crippen LogP contribution in [-0.4, -0.2) is 34.3 Å². The van der Waals surface area contributed by atoms with E-state index in [1.54, 1.807) is 0 Å². The summed E-state index contributed by atoms with van der Waals surface area (Å²) in [6.07, 6.45) is 3.58. The number of nitrogens with one attached hydrogen (secondary N) is 1. The second-order valence-corrected chi connectivity index (χ2v) is 7.57. The molecule has 1 aliphatic heterocycles. The van der Waals surface area contributed by atoms with E-state index in [0.717, 1.165) is 38.3 Å². The minimum atomic E-state index is -0.513. The van der Waals surface area contributed by atoms with Gasteiger partial charge in [-0.05, 0) is 64.7 Å². The summed E-state index contributed by atoms with van der Waals surface area (Å²) in [5.74, 6) is 1.06. The van der Waals surface area contributed by atoms with Crippen molar-refractivity contribution in [2.75, 3.05) is 18.0 Å². The molecule has 2 N–H and O–H groups in total. The average Bonchev–Trinajstić information content (AvgIpc) is 2.36. The number of hydrogen-bond donors (Lipinski definition) is 2. The maximum absolute atomic E-state index is 10.0. The first-order valence-electron chi connectivity index (χ1n) is 7.84. The molecule has 0 unspecified atom stereocenters. The SMILES string of the molecule is Cc1cc(CNC(C)(C)C)cnc1N1CCC(C)(O)CC1. The molecule has 0 saturated carbocycles. The first-order chi connectivity index (χ1) is 9.66. The Bertz CT molecular complexity index is 481. The van der Waals surface area contributed by atoms with E-state index in [2.05, 4.69) is 49.0 Å². The second-order valence-electron chi connectivity index (χ2n) is 7.57. The maximum Gasteiger partial charge on any atom is 0.131 e. The van der Waals surface area contributed by atoms with Gasteiger partial charge in [0.25, 0.3) is 0 Å². The second kappa shape index (κ2) is 5.93. The summed E-state index contributed by atoms with van der Waals surface area (Å²) in [4.78, 5) is 6.94. The quantitative estimate of drug-likeness (QED) is 0.899. The Morgan fingerprint density at radius 1 is 1.33 bits per heavy atom. The molecule has 1 saturated heterocycles. The first-order valence-corrected chi connectivity index (χ1v) is 7.84. The summed E-state index contributed by atoms with van der Waals surface area (Å²) in [6, 6.07) is 2.22.